The molecule has 0 bridgehead atoms. The molecule has 1 amide bonds. The maximum atomic E-state index is 12.6. The molecule has 0 aliphatic rings. The number of halogens is 1. The van der Waals surface area contributed by atoms with E-state index in [1.54, 1.807) is 84.9 Å². The molecule has 0 heterocycles. The van der Waals surface area contributed by atoms with Crippen molar-refractivity contribution in [3.05, 3.63) is 136 Å². The monoisotopic (exact) mass is 538 g/mol. The van der Waals surface area contributed by atoms with E-state index in [1.807, 2.05) is 19.1 Å². The highest BCUT2D eigenvalue weighted by Crippen LogP contribution is 2.22. The molecule has 39 heavy (non-hydrogen) atoms. The van der Waals surface area contributed by atoms with Crippen LogP contribution in [-0.4, -0.2) is 24.1 Å². The Kier molecular flexibility index (Phi) is 9.00. The Morgan fingerprint density at radius 1 is 0.744 bits per heavy atom. The lowest BCUT2D eigenvalue weighted by Gasteiger charge is -2.08. The number of esters is 2. The maximum Gasteiger partial charge on any atom is 0.343 e. The van der Waals surface area contributed by atoms with Crippen molar-refractivity contribution in [2.75, 3.05) is 0 Å². The molecule has 0 saturated carbocycles. The van der Waals surface area contributed by atoms with Crippen LogP contribution in [0.15, 0.2) is 108 Å². The van der Waals surface area contributed by atoms with E-state index >= 15 is 0 Å². The summed E-state index contributed by atoms with van der Waals surface area (Å²) in [6, 6.07) is 27.0. The van der Waals surface area contributed by atoms with E-state index in [4.69, 9.17) is 21.1 Å². The number of rotatable bonds is 8. The summed E-state index contributed by atoms with van der Waals surface area (Å²) in [5.74, 6) is -1.04. The van der Waals surface area contributed by atoms with Gasteiger partial charge in [0.25, 0.3) is 5.91 Å². The van der Waals surface area contributed by atoms with E-state index in [0.717, 1.165) is 5.56 Å². The van der Waals surface area contributed by atoms with Crippen LogP contribution in [0.1, 0.15) is 37.4 Å². The van der Waals surface area contributed by atoms with Gasteiger partial charge in [-0.15, -0.1) is 0 Å². The van der Waals surface area contributed by atoms with Gasteiger partial charge in [-0.1, -0.05) is 59.6 Å². The van der Waals surface area contributed by atoms with Crippen LogP contribution in [0.5, 0.6) is 11.5 Å². The van der Waals surface area contributed by atoms with Crippen LogP contribution in [-0.2, 0) is 4.79 Å². The molecule has 0 radical (unpaired) electrons. The fraction of sp³-hybridized carbons (Fsp3) is 0.0323. The van der Waals surface area contributed by atoms with Crippen molar-refractivity contribution >= 4 is 41.7 Å². The quantitative estimate of drug-likeness (QED) is 0.0940. The number of carbonyl (C=O) groups excluding carboxylic acids is 3. The molecular formula is C31H23ClN2O5. The van der Waals surface area contributed by atoms with Gasteiger partial charge in [0.15, 0.2) is 0 Å². The van der Waals surface area contributed by atoms with Gasteiger partial charge >= 0.3 is 11.9 Å². The third kappa shape index (κ3) is 7.74. The average Bonchev–Trinajstić information content (AvgIpc) is 2.94. The van der Waals surface area contributed by atoms with Gasteiger partial charge in [-0.3, -0.25) is 4.79 Å². The zero-order valence-electron chi connectivity index (χ0n) is 20.8. The van der Waals surface area contributed by atoms with Gasteiger partial charge in [0.1, 0.15) is 11.5 Å². The zero-order chi connectivity index (χ0) is 27.6. The van der Waals surface area contributed by atoms with Crippen LogP contribution in [0.25, 0.3) is 6.08 Å². The molecule has 0 aliphatic heterocycles. The van der Waals surface area contributed by atoms with E-state index in [9.17, 15) is 14.4 Å². The minimum atomic E-state index is -0.654. The van der Waals surface area contributed by atoms with Crippen LogP contribution >= 0.6 is 11.6 Å². The number of ether oxygens (including phenoxy) is 2. The van der Waals surface area contributed by atoms with E-state index in [1.165, 1.54) is 18.4 Å². The van der Waals surface area contributed by atoms with E-state index in [2.05, 4.69) is 10.5 Å². The number of amides is 1. The molecule has 194 valence electrons. The lowest BCUT2D eigenvalue weighted by molar-refractivity contribution is -0.128. The summed E-state index contributed by atoms with van der Waals surface area (Å²) in [5.41, 5.74) is 5.31. The maximum absolute atomic E-state index is 12.6. The first-order chi connectivity index (χ1) is 18.9. The average molecular weight is 539 g/mol. The summed E-state index contributed by atoms with van der Waals surface area (Å²) in [6.45, 7) is 1.93. The summed E-state index contributed by atoms with van der Waals surface area (Å²) in [5, 5.41) is 4.49. The molecule has 1 N–H and O–H groups in total. The normalized spacial score (nSPS) is 10.9. The fourth-order valence-corrected chi connectivity index (χ4v) is 3.49. The Balaban J connectivity index is 1.40. The predicted molar refractivity (Wildman–Crippen MR) is 150 cm³/mol. The largest absolute Gasteiger partial charge is 0.423 e. The highest BCUT2D eigenvalue weighted by Gasteiger charge is 2.11. The van der Waals surface area contributed by atoms with Crippen molar-refractivity contribution in [2.45, 2.75) is 6.92 Å². The van der Waals surface area contributed by atoms with Gasteiger partial charge in [-0.25, -0.2) is 15.0 Å². The first-order valence-electron chi connectivity index (χ1n) is 11.8. The minimum absolute atomic E-state index is 0.253. The van der Waals surface area contributed by atoms with Gasteiger partial charge in [0, 0.05) is 27.8 Å². The number of nitrogens with zero attached hydrogens (tertiary/aromatic N) is 1. The van der Waals surface area contributed by atoms with Gasteiger partial charge in [0.2, 0.25) is 0 Å². The van der Waals surface area contributed by atoms with Crippen molar-refractivity contribution in [3.8, 4) is 11.5 Å². The van der Waals surface area contributed by atoms with Gasteiger partial charge < -0.3 is 9.47 Å². The number of carbonyl (C=O) groups is 3. The Morgan fingerprint density at radius 3 is 2.03 bits per heavy atom. The standard InChI is InChI=1S/C31H23ClN2O5/c1-21-10-12-23(13-11-21)30(36)34-33-20-25-7-3-5-9-28(25)38-29(35)19-16-22-6-2-4-8-27(22)39-31(37)24-14-17-26(32)18-15-24/h2-20H,1H3,(H,34,36)/b19-16+,33-20+. The van der Waals surface area contributed by atoms with Crippen LogP contribution < -0.4 is 14.9 Å². The number of hydrogen-bond donors (Lipinski definition) is 1. The summed E-state index contributed by atoms with van der Waals surface area (Å²) in [4.78, 5) is 37.3. The second kappa shape index (κ2) is 13.0. The van der Waals surface area contributed by atoms with Gasteiger partial charge in [-0.05, 0) is 67.6 Å². The van der Waals surface area contributed by atoms with Crippen LogP contribution in [0.4, 0.5) is 0 Å². The number of hydrogen-bond acceptors (Lipinski definition) is 6. The number of para-hydroxylation sites is 2. The first-order valence-corrected chi connectivity index (χ1v) is 12.2. The smallest absolute Gasteiger partial charge is 0.343 e. The second-order valence-electron chi connectivity index (χ2n) is 8.29. The molecule has 0 atom stereocenters. The Hall–Kier alpha value is -5.01. The molecule has 4 aromatic carbocycles. The summed E-state index contributed by atoms with van der Waals surface area (Å²) in [6.07, 6.45) is 4.11. The number of nitrogens with one attached hydrogen (secondary N) is 1. The Morgan fingerprint density at radius 2 is 1.33 bits per heavy atom. The molecule has 4 aromatic rings. The number of benzene rings is 4. The van der Waals surface area contributed by atoms with Crippen molar-refractivity contribution in [1.29, 1.82) is 0 Å². The highest BCUT2D eigenvalue weighted by molar-refractivity contribution is 6.30. The minimum Gasteiger partial charge on any atom is -0.423 e. The van der Waals surface area contributed by atoms with E-state index in [-0.39, 0.29) is 17.4 Å². The summed E-state index contributed by atoms with van der Waals surface area (Å²) in [7, 11) is 0. The molecule has 0 unspecified atom stereocenters. The Labute approximate surface area is 230 Å². The van der Waals surface area contributed by atoms with Crippen molar-refractivity contribution in [3.63, 3.8) is 0 Å². The predicted octanol–water partition coefficient (Wildman–Crippen LogP) is 6.25. The summed E-state index contributed by atoms with van der Waals surface area (Å²) < 4.78 is 11.0. The molecule has 4 rings (SSSR count). The van der Waals surface area contributed by atoms with Gasteiger partial charge in [0.05, 0.1) is 11.8 Å². The summed E-state index contributed by atoms with van der Waals surface area (Å²) >= 11 is 5.88. The molecule has 0 aromatic heterocycles. The van der Waals surface area contributed by atoms with Crippen LogP contribution in [0.2, 0.25) is 5.02 Å². The first kappa shape index (κ1) is 27.0. The number of aryl methyl sites for hydroxylation is 1. The van der Waals surface area contributed by atoms with E-state index in [0.29, 0.717) is 27.3 Å². The molecule has 8 heteroatoms. The molecule has 0 aliphatic carbocycles. The topological polar surface area (TPSA) is 94.1 Å². The number of hydrazone groups is 1. The van der Waals surface area contributed by atoms with Crippen molar-refractivity contribution in [1.82, 2.24) is 5.43 Å². The SMILES string of the molecule is Cc1ccc(C(=O)N/N=C/c2ccccc2OC(=O)/C=C/c2ccccc2OC(=O)c2ccc(Cl)cc2)cc1. The molecule has 0 saturated heterocycles. The highest BCUT2D eigenvalue weighted by atomic mass is 35.5. The zero-order valence-corrected chi connectivity index (χ0v) is 21.6. The van der Waals surface area contributed by atoms with Crippen LogP contribution in [0.3, 0.4) is 0 Å². The second-order valence-corrected chi connectivity index (χ2v) is 8.73. The lowest BCUT2D eigenvalue weighted by Crippen LogP contribution is -2.17. The molecule has 0 spiro atoms. The molecule has 7 nitrogen and oxygen atoms in total. The Bertz CT molecular complexity index is 1540. The van der Waals surface area contributed by atoms with Crippen molar-refractivity contribution < 1.29 is 23.9 Å². The molecular weight excluding hydrogens is 516 g/mol. The third-order valence-electron chi connectivity index (χ3n) is 5.41. The van der Waals surface area contributed by atoms with E-state index < -0.39 is 11.9 Å². The molecule has 0 fully saturated rings. The van der Waals surface area contributed by atoms with Crippen molar-refractivity contribution in [2.24, 2.45) is 5.10 Å². The third-order valence-corrected chi connectivity index (χ3v) is 5.67. The van der Waals surface area contributed by atoms with Crippen LogP contribution in [0, 0.1) is 6.92 Å². The van der Waals surface area contributed by atoms with Gasteiger partial charge in [-0.2, -0.15) is 5.10 Å². The fourth-order valence-electron chi connectivity index (χ4n) is 3.37. The lowest BCUT2D eigenvalue weighted by atomic mass is 10.1.